The highest BCUT2D eigenvalue weighted by Crippen LogP contribution is 1.89. The van der Waals surface area contributed by atoms with Crippen LogP contribution in [0.15, 0.2) is 0 Å². The molecule has 0 saturated carbocycles. The normalized spacial score (nSPS) is 16.8. The molecular weight excluding hydrogens is 124 g/mol. The van der Waals surface area contributed by atoms with Gasteiger partial charge >= 0.3 is 0 Å². The van der Waals surface area contributed by atoms with E-state index in [1.54, 1.807) is 0 Å². The second-order valence-electron chi connectivity index (χ2n) is 2.69. The van der Waals surface area contributed by atoms with Gasteiger partial charge in [0, 0.05) is 12.1 Å². The van der Waals surface area contributed by atoms with Crippen molar-refractivity contribution in [3.05, 3.63) is 0 Å². The van der Waals surface area contributed by atoms with E-state index in [-0.39, 0.29) is 0 Å². The largest absolute Gasteiger partial charge is 0.313 e. The molecule has 2 nitrogen and oxygen atoms in total. The Bertz CT molecular complexity index is 63.7. The Labute approximate surface area is 64.4 Å². The van der Waals surface area contributed by atoms with Crippen LogP contribution in [0.25, 0.3) is 0 Å². The molecule has 2 N–H and O–H groups in total. The third-order valence-corrected chi connectivity index (χ3v) is 1.80. The van der Waals surface area contributed by atoms with Gasteiger partial charge in [0.05, 0.1) is 0 Å². The topological polar surface area (TPSA) is 24.1 Å². The standard InChI is InChI=1S/C8H20N2/c1-5-9-7(3)8(4)10-6-2/h7-10H,5-6H2,1-4H3/t7-,8+. The Morgan fingerprint density at radius 3 is 1.40 bits per heavy atom. The molecule has 0 heterocycles. The predicted molar refractivity (Wildman–Crippen MR) is 46.3 cm³/mol. The summed E-state index contributed by atoms with van der Waals surface area (Å²) in [7, 11) is 0. The van der Waals surface area contributed by atoms with Crippen molar-refractivity contribution >= 4 is 0 Å². The Morgan fingerprint density at radius 2 is 1.20 bits per heavy atom. The first-order chi connectivity index (χ1) is 4.72. The summed E-state index contributed by atoms with van der Waals surface area (Å²) in [5.74, 6) is 0. The van der Waals surface area contributed by atoms with Crippen molar-refractivity contribution in [3.63, 3.8) is 0 Å². The fraction of sp³-hybridized carbons (Fsp3) is 1.00. The second-order valence-corrected chi connectivity index (χ2v) is 2.69. The molecule has 10 heavy (non-hydrogen) atoms. The van der Waals surface area contributed by atoms with E-state index in [0.29, 0.717) is 12.1 Å². The van der Waals surface area contributed by atoms with Gasteiger partial charge in [-0.1, -0.05) is 13.8 Å². The zero-order valence-electron chi connectivity index (χ0n) is 7.57. The fourth-order valence-corrected chi connectivity index (χ4v) is 0.998. The highest BCUT2D eigenvalue weighted by atomic mass is 15.0. The maximum atomic E-state index is 3.37. The minimum atomic E-state index is 0.574. The molecule has 0 aliphatic heterocycles. The third-order valence-electron chi connectivity index (χ3n) is 1.80. The van der Waals surface area contributed by atoms with Crippen LogP contribution in [0.2, 0.25) is 0 Å². The van der Waals surface area contributed by atoms with Gasteiger partial charge in [-0.15, -0.1) is 0 Å². The number of likely N-dealkylation sites (N-methyl/N-ethyl adjacent to an activating group) is 2. The molecule has 0 rings (SSSR count). The molecule has 0 aromatic heterocycles. The van der Waals surface area contributed by atoms with Crippen LogP contribution in [0, 0.1) is 0 Å². The molecule has 62 valence electrons. The van der Waals surface area contributed by atoms with Crippen LogP contribution in [0.4, 0.5) is 0 Å². The maximum Gasteiger partial charge on any atom is 0.0190 e. The first-order valence-corrected chi connectivity index (χ1v) is 4.19. The van der Waals surface area contributed by atoms with Crippen molar-refractivity contribution in [2.75, 3.05) is 13.1 Å². The number of nitrogens with one attached hydrogen (secondary N) is 2. The van der Waals surface area contributed by atoms with Crippen LogP contribution in [0.1, 0.15) is 27.7 Å². The second kappa shape index (κ2) is 5.69. The zero-order chi connectivity index (χ0) is 7.98. The molecular formula is C8H20N2. The third kappa shape index (κ3) is 3.85. The van der Waals surface area contributed by atoms with Crippen LogP contribution in [0.3, 0.4) is 0 Å². The van der Waals surface area contributed by atoms with Crippen molar-refractivity contribution in [1.82, 2.24) is 10.6 Å². The van der Waals surface area contributed by atoms with E-state index in [0.717, 1.165) is 13.1 Å². The summed E-state index contributed by atoms with van der Waals surface area (Å²) >= 11 is 0. The summed E-state index contributed by atoms with van der Waals surface area (Å²) in [6.07, 6.45) is 0. The van der Waals surface area contributed by atoms with Crippen molar-refractivity contribution in [1.29, 1.82) is 0 Å². The molecule has 2 heteroatoms. The summed E-state index contributed by atoms with van der Waals surface area (Å²) in [6.45, 7) is 10.8. The first-order valence-electron chi connectivity index (χ1n) is 4.19. The van der Waals surface area contributed by atoms with E-state index in [2.05, 4.69) is 38.3 Å². The molecule has 0 bridgehead atoms. The molecule has 0 radical (unpaired) electrons. The molecule has 0 aliphatic rings. The number of rotatable bonds is 5. The molecule has 0 spiro atoms. The van der Waals surface area contributed by atoms with Gasteiger partial charge in [-0.2, -0.15) is 0 Å². The lowest BCUT2D eigenvalue weighted by Crippen LogP contribution is -2.44. The van der Waals surface area contributed by atoms with Gasteiger partial charge in [0.1, 0.15) is 0 Å². The highest BCUT2D eigenvalue weighted by molar-refractivity contribution is 4.72. The minimum absolute atomic E-state index is 0.574. The maximum absolute atomic E-state index is 3.37. The fourth-order valence-electron chi connectivity index (χ4n) is 0.998. The Morgan fingerprint density at radius 1 is 0.900 bits per heavy atom. The molecule has 0 unspecified atom stereocenters. The van der Waals surface area contributed by atoms with E-state index in [4.69, 9.17) is 0 Å². The Hall–Kier alpha value is -0.0800. The smallest absolute Gasteiger partial charge is 0.0190 e. The van der Waals surface area contributed by atoms with Gasteiger partial charge in [-0.05, 0) is 26.9 Å². The van der Waals surface area contributed by atoms with Crippen LogP contribution in [-0.4, -0.2) is 25.2 Å². The average Bonchev–Trinajstić information content (AvgIpc) is 1.89. The average molecular weight is 144 g/mol. The molecule has 0 aliphatic carbocycles. The summed E-state index contributed by atoms with van der Waals surface area (Å²) in [5.41, 5.74) is 0. The lowest BCUT2D eigenvalue weighted by molar-refractivity contribution is 0.424. The highest BCUT2D eigenvalue weighted by Gasteiger charge is 2.07. The summed E-state index contributed by atoms with van der Waals surface area (Å²) in [4.78, 5) is 0. The van der Waals surface area contributed by atoms with Crippen LogP contribution in [-0.2, 0) is 0 Å². The van der Waals surface area contributed by atoms with E-state index in [9.17, 15) is 0 Å². The van der Waals surface area contributed by atoms with Crippen molar-refractivity contribution in [2.45, 2.75) is 39.8 Å². The summed E-state index contributed by atoms with van der Waals surface area (Å²) in [5, 5.41) is 6.74. The van der Waals surface area contributed by atoms with E-state index in [1.807, 2.05) is 0 Å². The molecule has 0 aromatic rings. The van der Waals surface area contributed by atoms with Crippen molar-refractivity contribution in [2.24, 2.45) is 0 Å². The molecule has 0 aromatic carbocycles. The van der Waals surface area contributed by atoms with Crippen LogP contribution < -0.4 is 10.6 Å². The van der Waals surface area contributed by atoms with E-state index in [1.165, 1.54) is 0 Å². The van der Waals surface area contributed by atoms with E-state index >= 15 is 0 Å². The zero-order valence-corrected chi connectivity index (χ0v) is 7.57. The Balaban J connectivity index is 3.38. The molecule has 0 amide bonds. The van der Waals surface area contributed by atoms with Gasteiger partial charge in [0.25, 0.3) is 0 Å². The molecule has 0 saturated heterocycles. The van der Waals surface area contributed by atoms with Gasteiger partial charge in [-0.25, -0.2) is 0 Å². The first kappa shape index (κ1) is 9.92. The van der Waals surface area contributed by atoms with E-state index < -0.39 is 0 Å². The van der Waals surface area contributed by atoms with Crippen molar-refractivity contribution in [3.8, 4) is 0 Å². The quantitative estimate of drug-likeness (QED) is 0.601. The molecule has 2 atom stereocenters. The predicted octanol–water partition coefficient (Wildman–Crippen LogP) is 0.982. The van der Waals surface area contributed by atoms with Gasteiger partial charge in [-0.3, -0.25) is 0 Å². The van der Waals surface area contributed by atoms with Gasteiger partial charge in [0.15, 0.2) is 0 Å². The minimum Gasteiger partial charge on any atom is -0.313 e. The van der Waals surface area contributed by atoms with Crippen LogP contribution in [0.5, 0.6) is 0 Å². The van der Waals surface area contributed by atoms with Crippen LogP contribution >= 0.6 is 0 Å². The Kier molecular flexibility index (Phi) is 5.64. The van der Waals surface area contributed by atoms with Gasteiger partial charge < -0.3 is 10.6 Å². The summed E-state index contributed by atoms with van der Waals surface area (Å²) in [6, 6.07) is 1.15. The number of hydrogen-bond donors (Lipinski definition) is 2. The van der Waals surface area contributed by atoms with Crippen molar-refractivity contribution < 1.29 is 0 Å². The lowest BCUT2D eigenvalue weighted by atomic mass is 10.2. The SMILES string of the molecule is CCN[C@@H](C)[C@@H](C)NCC. The molecule has 0 fully saturated rings. The van der Waals surface area contributed by atoms with Gasteiger partial charge in [0.2, 0.25) is 0 Å². The summed E-state index contributed by atoms with van der Waals surface area (Å²) < 4.78 is 0. The monoisotopic (exact) mass is 144 g/mol. The number of hydrogen-bond acceptors (Lipinski definition) is 2. The lowest BCUT2D eigenvalue weighted by Gasteiger charge is -2.20.